The van der Waals surface area contributed by atoms with Crippen LogP contribution in [0.25, 0.3) is 6.08 Å². The number of ether oxygens (including phenoxy) is 3. The molecule has 0 saturated heterocycles. The van der Waals surface area contributed by atoms with Gasteiger partial charge in [0.15, 0.2) is 17.2 Å². The Morgan fingerprint density at radius 1 is 1.31 bits per heavy atom. The molecule has 6 nitrogen and oxygen atoms in total. The number of cyclic esters (lactones) is 1. The third-order valence-electron chi connectivity index (χ3n) is 3.95. The van der Waals surface area contributed by atoms with Crippen molar-refractivity contribution in [3.8, 4) is 11.5 Å². The number of aliphatic imine (C=N–C) groups is 1. The Bertz CT molecular complexity index is 1030. The van der Waals surface area contributed by atoms with Crippen LogP contribution < -0.4 is 9.47 Å². The van der Waals surface area contributed by atoms with Crippen molar-refractivity contribution in [3.63, 3.8) is 0 Å². The normalized spacial score (nSPS) is 14.6. The minimum atomic E-state index is -0.577. The first-order valence-electron chi connectivity index (χ1n) is 8.78. The van der Waals surface area contributed by atoms with Gasteiger partial charge in [-0.3, -0.25) is 4.79 Å². The lowest BCUT2D eigenvalue weighted by molar-refractivity contribution is -0.134. The molecule has 0 unspecified atom stereocenters. The highest BCUT2D eigenvalue weighted by atomic mass is 127. The summed E-state index contributed by atoms with van der Waals surface area (Å²) in [5.41, 5.74) is 1.32. The molecule has 0 aliphatic carbocycles. The molecule has 0 amide bonds. The van der Waals surface area contributed by atoms with Gasteiger partial charge in [0, 0.05) is 6.42 Å². The number of hydrogen-bond acceptors (Lipinski definition) is 6. The highest BCUT2D eigenvalue weighted by Crippen LogP contribution is 2.35. The molecule has 0 N–H and O–H groups in total. The number of carbonyl (C=O) groups is 2. The van der Waals surface area contributed by atoms with Gasteiger partial charge in [-0.2, -0.15) is 0 Å². The van der Waals surface area contributed by atoms with Crippen LogP contribution in [0.4, 0.5) is 0 Å². The smallest absolute Gasteiger partial charge is 0.363 e. The van der Waals surface area contributed by atoms with Crippen molar-refractivity contribution < 1.29 is 23.8 Å². The largest absolute Gasteiger partial charge is 0.493 e. The summed E-state index contributed by atoms with van der Waals surface area (Å²) >= 11 is 8.20. The van der Waals surface area contributed by atoms with Crippen molar-refractivity contribution in [2.45, 2.75) is 19.8 Å². The van der Waals surface area contributed by atoms with E-state index in [1.54, 1.807) is 42.5 Å². The van der Waals surface area contributed by atoms with Gasteiger partial charge >= 0.3 is 11.9 Å². The Morgan fingerprint density at radius 2 is 2.07 bits per heavy atom. The van der Waals surface area contributed by atoms with Crippen LogP contribution in [0.15, 0.2) is 47.1 Å². The highest BCUT2D eigenvalue weighted by molar-refractivity contribution is 14.1. The molecule has 0 aromatic heterocycles. The van der Waals surface area contributed by atoms with E-state index in [4.69, 9.17) is 25.8 Å². The molecule has 150 valence electrons. The Kier molecular flexibility index (Phi) is 6.92. The fourth-order valence-electron chi connectivity index (χ4n) is 2.61. The van der Waals surface area contributed by atoms with Crippen molar-refractivity contribution in [3.05, 3.63) is 61.8 Å². The van der Waals surface area contributed by atoms with Crippen LogP contribution >= 0.6 is 34.2 Å². The summed E-state index contributed by atoms with van der Waals surface area (Å²) in [7, 11) is 1.48. The van der Waals surface area contributed by atoms with Crippen molar-refractivity contribution in [1.29, 1.82) is 0 Å². The predicted molar refractivity (Wildman–Crippen MR) is 118 cm³/mol. The molecule has 8 heteroatoms. The molecule has 2 aromatic rings. The minimum Gasteiger partial charge on any atom is -0.493 e. The molecule has 0 radical (unpaired) electrons. The standard InChI is InChI=1S/C21H17ClINO5/c1-3-6-18(25)28-19-15(23)9-12(11-17(19)27-2)10-16-21(26)29-20(24-16)13-7-4-5-8-14(13)22/h4-5,7-11H,3,6H2,1-2H3/b16-10-. The van der Waals surface area contributed by atoms with Gasteiger partial charge in [-0.15, -0.1) is 0 Å². The zero-order valence-electron chi connectivity index (χ0n) is 15.7. The Balaban J connectivity index is 1.94. The van der Waals surface area contributed by atoms with Crippen LogP contribution in [0.1, 0.15) is 30.9 Å². The van der Waals surface area contributed by atoms with Gasteiger partial charge in [0.2, 0.25) is 5.90 Å². The summed E-state index contributed by atoms with van der Waals surface area (Å²) in [4.78, 5) is 28.4. The maximum atomic E-state index is 12.2. The number of methoxy groups -OCH3 is 1. The Hall–Kier alpha value is -2.39. The van der Waals surface area contributed by atoms with Gasteiger partial charge in [-0.05, 0) is 64.9 Å². The number of hydrogen-bond donors (Lipinski definition) is 0. The summed E-state index contributed by atoms with van der Waals surface area (Å²) in [5.74, 6) is -0.0213. The third kappa shape index (κ3) is 4.97. The van der Waals surface area contributed by atoms with Crippen LogP contribution in [-0.2, 0) is 14.3 Å². The van der Waals surface area contributed by atoms with Gasteiger partial charge in [-0.1, -0.05) is 30.7 Å². The highest BCUT2D eigenvalue weighted by Gasteiger charge is 2.26. The maximum Gasteiger partial charge on any atom is 0.363 e. The van der Waals surface area contributed by atoms with Gasteiger partial charge < -0.3 is 14.2 Å². The molecule has 2 aromatic carbocycles. The average Bonchev–Trinajstić information content (AvgIpc) is 3.04. The van der Waals surface area contributed by atoms with E-state index in [1.807, 2.05) is 6.92 Å². The average molecular weight is 526 g/mol. The predicted octanol–water partition coefficient (Wildman–Crippen LogP) is 5.00. The molecule has 3 rings (SSSR count). The van der Waals surface area contributed by atoms with E-state index in [2.05, 4.69) is 27.6 Å². The summed E-state index contributed by atoms with van der Waals surface area (Å²) < 4.78 is 16.7. The van der Waals surface area contributed by atoms with Crippen molar-refractivity contribution >= 4 is 58.1 Å². The van der Waals surface area contributed by atoms with Crippen molar-refractivity contribution in [1.82, 2.24) is 0 Å². The van der Waals surface area contributed by atoms with Crippen LogP contribution in [-0.4, -0.2) is 24.9 Å². The van der Waals surface area contributed by atoms with Gasteiger partial charge in [0.25, 0.3) is 0 Å². The lowest BCUT2D eigenvalue weighted by Crippen LogP contribution is -2.09. The lowest BCUT2D eigenvalue weighted by Gasteiger charge is -2.12. The van der Waals surface area contributed by atoms with E-state index in [-0.39, 0.29) is 17.6 Å². The molecule has 1 heterocycles. The van der Waals surface area contributed by atoms with Crippen molar-refractivity contribution in [2.75, 3.05) is 7.11 Å². The van der Waals surface area contributed by atoms with E-state index in [9.17, 15) is 9.59 Å². The second-order valence-electron chi connectivity index (χ2n) is 6.07. The maximum absolute atomic E-state index is 12.2. The zero-order chi connectivity index (χ0) is 21.0. The molecule has 0 bridgehead atoms. The van der Waals surface area contributed by atoms with Gasteiger partial charge in [0.05, 0.1) is 21.3 Å². The molecule has 1 aliphatic heterocycles. The molecule has 1 aliphatic rings. The number of benzene rings is 2. The number of esters is 2. The van der Waals surface area contributed by atoms with E-state index in [1.165, 1.54) is 7.11 Å². The zero-order valence-corrected chi connectivity index (χ0v) is 18.6. The van der Waals surface area contributed by atoms with Crippen LogP contribution in [0.3, 0.4) is 0 Å². The summed E-state index contributed by atoms with van der Waals surface area (Å²) in [6.45, 7) is 1.90. The molecular formula is C21H17ClINO5. The fourth-order valence-corrected chi connectivity index (χ4v) is 3.56. The SMILES string of the molecule is CCCC(=O)Oc1c(I)cc(/C=C2\N=C(c3ccccc3Cl)OC2=O)cc1OC. The second-order valence-corrected chi connectivity index (χ2v) is 7.64. The molecule has 0 atom stereocenters. The van der Waals surface area contributed by atoms with Crippen LogP contribution in [0.5, 0.6) is 11.5 Å². The number of rotatable bonds is 6. The lowest BCUT2D eigenvalue weighted by atomic mass is 10.1. The molecular weight excluding hydrogens is 509 g/mol. The summed E-state index contributed by atoms with van der Waals surface area (Å²) in [6, 6.07) is 10.4. The van der Waals surface area contributed by atoms with E-state index >= 15 is 0 Å². The number of carbonyl (C=O) groups excluding carboxylic acids is 2. The molecule has 0 fully saturated rings. The van der Waals surface area contributed by atoms with Gasteiger partial charge in [0.1, 0.15) is 0 Å². The van der Waals surface area contributed by atoms with Gasteiger partial charge in [-0.25, -0.2) is 9.79 Å². The molecule has 0 spiro atoms. The Morgan fingerprint density at radius 3 is 2.76 bits per heavy atom. The van der Waals surface area contributed by atoms with E-state index < -0.39 is 5.97 Å². The fraction of sp³-hybridized carbons (Fsp3) is 0.190. The van der Waals surface area contributed by atoms with Crippen molar-refractivity contribution in [2.24, 2.45) is 4.99 Å². The first kappa shape index (κ1) is 21.3. The third-order valence-corrected chi connectivity index (χ3v) is 5.08. The molecule has 29 heavy (non-hydrogen) atoms. The second kappa shape index (κ2) is 9.41. The molecule has 0 saturated carbocycles. The minimum absolute atomic E-state index is 0.133. The first-order valence-corrected chi connectivity index (χ1v) is 10.2. The quantitative estimate of drug-likeness (QED) is 0.230. The number of nitrogens with zero attached hydrogens (tertiary/aromatic N) is 1. The van der Waals surface area contributed by atoms with E-state index in [0.717, 1.165) is 0 Å². The first-order chi connectivity index (χ1) is 13.9. The summed E-state index contributed by atoms with van der Waals surface area (Å²) in [6.07, 6.45) is 2.58. The topological polar surface area (TPSA) is 74.2 Å². The number of halogens is 2. The summed E-state index contributed by atoms with van der Waals surface area (Å²) in [5, 5.41) is 0.440. The van der Waals surface area contributed by atoms with Crippen LogP contribution in [0, 0.1) is 3.57 Å². The van der Waals surface area contributed by atoms with Crippen LogP contribution in [0.2, 0.25) is 5.02 Å². The Labute approximate surface area is 186 Å². The van der Waals surface area contributed by atoms with E-state index in [0.29, 0.717) is 44.1 Å². The monoisotopic (exact) mass is 525 g/mol.